The molecule has 0 bridgehead atoms. The standard InChI is InChI=1S/C11H16N2/c1-7(2)9-5-4-6-10-11(9)13-8(3)12-10/h4-8,12-13H,1-3H3/t8-/m1/s1. The molecule has 70 valence electrons. The Morgan fingerprint density at radius 3 is 2.69 bits per heavy atom. The number of anilines is 2. The second-order valence-corrected chi connectivity index (χ2v) is 3.93. The molecule has 0 fully saturated rings. The van der Waals surface area contributed by atoms with Crippen LogP contribution in [0.25, 0.3) is 0 Å². The average molecular weight is 176 g/mol. The van der Waals surface area contributed by atoms with Crippen LogP contribution in [-0.2, 0) is 0 Å². The van der Waals surface area contributed by atoms with Gasteiger partial charge in [0.25, 0.3) is 0 Å². The molecule has 0 saturated carbocycles. The highest BCUT2D eigenvalue weighted by Gasteiger charge is 2.19. The van der Waals surface area contributed by atoms with Gasteiger partial charge in [-0.15, -0.1) is 0 Å². The molecule has 0 aliphatic carbocycles. The van der Waals surface area contributed by atoms with Crippen LogP contribution < -0.4 is 10.6 Å². The van der Waals surface area contributed by atoms with E-state index in [1.54, 1.807) is 0 Å². The Labute approximate surface area is 79.4 Å². The minimum absolute atomic E-state index is 0.356. The summed E-state index contributed by atoms with van der Waals surface area (Å²) in [6, 6.07) is 6.43. The zero-order valence-electron chi connectivity index (χ0n) is 8.39. The van der Waals surface area contributed by atoms with Gasteiger partial charge in [0.2, 0.25) is 0 Å². The van der Waals surface area contributed by atoms with Gasteiger partial charge in [0, 0.05) is 0 Å². The summed E-state index contributed by atoms with van der Waals surface area (Å²) in [6.07, 6.45) is 0.356. The van der Waals surface area contributed by atoms with Crippen LogP contribution in [0.1, 0.15) is 32.3 Å². The maximum atomic E-state index is 3.44. The van der Waals surface area contributed by atoms with Gasteiger partial charge in [0.1, 0.15) is 0 Å². The number of hydrogen-bond donors (Lipinski definition) is 2. The van der Waals surface area contributed by atoms with Crippen LogP contribution >= 0.6 is 0 Å². The molecular formula is C11H16N2. The number of hydrogen-bond acceptors (Lipinski definition) is 2. The number of para-hydroxylation sites is 1. The molecule has 13 heavy (non-hydrogen) atoms. The third-order valence-corrected chi connectivity index (χ3v) is 2.45. The van der Waals surface area contributed by atoms with Crippen LogP contribution in [0.4, 0.5) is 11.4 Å². The predicted octanol–water partition coefficient (Wildman–Crippen LogP) is 2.99. The lowest BCUT2D eigenvalue weighted by molar-refractivity contribution is 0.865. The van der Waals surface area contributed by atoms with Gasteiger partial charge in [-0.2, -0.15) is 0 Å². The first-order valence-corrected chi connectivity index (χ1v) is 4.84. The highest BCUT2D eigenvalue weighted by atomic mass is 15.2. The van der Waals surface area contributed by atoms with Crippen molar-refractivity contribution in [2.75, 3.05) is 10.6 Å². The van der Waals surface area contributed by atoms with Gasteiger partial charge in [0.05, 0.1) is 17.5 Å². The molecule has 2 N–H and O–H groups in total. The summed E-state index contributed by atoms with van der Waals surface area (Å²) in [5.74, 6) is 0.578. The predicted molar refractivity (Wildman–Crippen MR) is 57.2 cm³/mol. The Morgan fingerprint density at radius 2 is 2.00 bits per heavy atom. The number of benzene rings is 1. The summed E-state index contributed by atoms with van der Waals surface area (Å²) < 4.78 is 0. The third-order valence-electron chi connectivity index (χ3n) is 2.45. The molecule has 0 saturated heterocycles. The minimum atomic E-state index is 0.356. The van der Waals surface area contributed by atoms with Crippen LogP contribution in [-0.4, -0.2) is 6.17 Å². The van der Waals surface area contributed by atoms with Gasteiger partial charge >= 0.3 is 0 Å². The van der Waals surface area contributed by atoms with E-state index in [1.807, 2.05) is 0 Å². The largest absolute Gasteiger partial charge is 0.364 e. The van der Waals surface area contributed by atoms with Gasteiger partial charge in [-0.25, -0.2) is 0 Å². The summed E-state index contributed by atoms with van der Waals surface area (Å²) in [7, 11) is 0. The van der Waals surface area contributed by atoms with Crippen molar-refractivity contribution in [1.29, 1.82) is 0 Å². The molecule has 1 atom stereocenters. The van der Waals surface area contributed by atoms with Gasteiger partial charge in [0.15, 0.2) is 0 Å². The number of fused-ring (bicyclic) bond motifs is 1. The molecule has 1 heterocycles. The average Bonchev–Trinajstić information content (AvgIpc) is 2.43. The number of nitrogens with one attached hydrogen (secondary N) is 2. The Morgan fingerprint density at radius 1 is 1.23 bits per heavy atom. The zero-order chi connectivity index (χ0) is 9.42. The molecule has 0 unspecified atom stereocenters. The Bertz CT molecular complexity index is 318. The fourth-order valence-electron chi connectivity index (χ4n) is 1.82. The first kappa shape index (κ1) is 8.42. The molecule has 1 aromatic carbocycles. The smallest absolute Gasteiger partial charge is 0.0935 e. The molecule has 0 amide bonds. The second kappa shape index (κ2) is 2.95. The van der Waals surface area contributed by atoms with E-state index in [4.69, 9.17) is 0 Å². The molecule has 2 nitrogen and oxygen atoms in total. The van der Waals surface area contributed by atoms with E-state index in [2.05, 4.69) is 49.6 Å². The molecule has 1 aliphatic rings. The van der Waals surface area contributed by atoms with Crippen molar-refractivity contribution in [1.82, 2.24) is 0 Å². The van der Waals surface area contributed by atoms with Crippen LogP contribution in [0.15, 0.2) is 18.2 Å². The normalized spacial score (nSPS) is 19.5. The molecule has 1 aliphatic heterocycles. The van der Waals surface area contributed by atoms with Crippen molar-refractivity contribution in [3.8, 4) is 0 Å². The zero-order valence-corrected chi connectivity index (χ0v) is 8.39. The highest BCUT2D eigenvalue weighted by Crippen LogP contribution is 2.35. The summed E-state index contributed by atoms with van der Waals surface area (Å²) in [6.45, 7) is 6.57. The molecule has 0 spiro atoms. The lowest BCUT2D eigenvalue weighted by Crippen LogP contribution is -2.16. The van der Waals surface area contributed by atoms with Crippen molar-refractivity contribution in [3.05, 3.63) is 23.8 Å². The summed E-state index contributed by atoms with van der Waals surface area (Å²) >= 11 is 0. The fraction of sp³-hybridized carbons (Fsp3) is 0.455. The minimum Gasteiger partial charge on any atom is -0.364 e. The van der Waals surface area contributed by atoms with Crippen LogP contribution in [0, 0.1) is 0 Å². The lowest BCUT2D eigenvalue weighted by Gasteiger charge is -2.10. The Hall–Kier alpha value is -1.18. The molecular weight excluding hydrogens is 160 g/mol. The first-order chi connectivity index (χ1) is 6.18. The third kappa shape index (κ3) is 1.37. The van der Waals surface area contributed by atoms with E-state index in [9.17, 15) is 0 Å². The molecule has 0 radical (unpaired) electrons. The van der Waals surface area contributed by atoms with Gasteiger partial charge < -0.3 is 10.6 Å². The SMILES string of the molecule is CC(C)c1cccc2c1N[C@H](C)N2. The second-order valence-electron chi connectivity index (χ2n) is 3.93. The highest BCUT2D eigenvalue weighted by molar-refractivity contribution is 5.78. The van der Waals surface area contributed by atoms with E-state index in [-0.39, 0.29) is 0 Å². The van der Waals surface area contributed by atoms with Gasteiger partial charge in [-0.3, -0.25) is 0 Å². The maximum absolute atomic E-state index is 3.44. The van der Waals surface area contributed by atoms with E-state index in [0.29, 0.717) is 12.1 Å². The van der Waals surface area contributed by atoms with Crippen molar-refractivity contribution in [2.45, 2.75) is 32.9 Å². The van der Waals surface area contributed by atoms with Gasteiger partial charge in [-0.1, -0.05) is 26.0 Å². The maximum Gasteiger partial charge on any atom is 0.0935 e. The Kier molecular flexibility index (Phi) is 1.91. The van der Waals surface area contributed by atoms with Crippen molar-refractivity contribution in [3.63, 3.8) is 0 Å². The summed E-state index contributed by atoms with van der Waals surface area (Å²) in [5, 5.41) is 6.82. The summed E-state index contributed by atoms with van der Waals surface area (Å²) in [5.41, 5.74) is 3.91. The van der Waals surface area contributed by atoms with Crippen LogP contribution in [0.3, 0.4) is 0 Å². The monoisotopic (exact) mass is 176 g/mol. The fourth-order valence-corrected chi connectivity index (χ4v) is 1.82. The van der Waals surface area contributed by atoms with E-state index in [1.165, 1.54) is 16.9 Å². The lowest BCUT2D eigenvalue weighted by atomic mass is 10.0. The van der Waals surface area contributed by atoms with Crippen LogP contribution in [0.2, 0.25) is 0 Å². The number of rotatable bonds is 1. The quantitative estimate of drug-likeness (QED) is 0.687. The first-order valence-electron chi connectivity index (χ1n) is 4.84. The van der Waals surface area contributed by atoms with Crippen molar-refractivity contribution >= 4 is 11.4 Å². The molecule has 1 aromatic rings. The van der Waals surface area contributed by atoms with Crippen LogP contribution in [0.5, 0.6) is 0 Å². The molecule has 0 aromatic heterocycles. The van der Waals surface area contributed by atoms with Crippen molar-refractivity contribution in [2.24, 2.45) is 0 Å². The van der Waals surface area contributed by atoms with E-state index >= 15 is 0 Å². The molecule has 2 rings (SSSR count). The Balaban J connectivity index is 2.45. The molecule has 2 heteroatoms. The van der Waals surface area contributed by atoms with Crippen molar-refractivity contribution < 1.29 is 0 Å². The van der Waals surface area contributed by atoms with E-state index in [0.717, 1.165) is 0 Å². The van der Waals surface area contributed by atoms with E-state index < -0.39 is 0 Å². The topological polar surface area (TPSA) is 24.1 Å². The van der Waals surface area contributed by atoms with Gasteiger partial charge in [-0.05, 0) is 24.5 Å². The summed E-state index contributed by atoms with van der Waals surface area (Å²) in [4.78, 5) is 0.